The molecule has 3 aromatic carbocycles. The van der Waals surface area contributed by atoms with Crippen LogP contribution in [0.2, 0.25) is 0 Å². The number of hydrogen-bond acceptors (Lipinski definition) is 5. The average Bonchev–Trinajstić information content (AvgIpc) is 2.86. The number of hydrogen-bond donors (Lipinski definition) is 1. The van der Waals surface area contributed by atoms with Gasteiger partial charge in [0.25, 0.3) is 0 Å². The lowest BCUT2D eigenvalue weighted by atomic mass is 10.1. The molecule has 8 nitrogen and oxygen atoms in total. The lowest BCUT2D eigenvalue weighted by Gasteiger charge is -2.31. The molecule has 36 heavy (non-hydrogen) atoms. The van der Waals surface area contributed by atoms with Gasteiger partial charge in [-0.05, 0) is 55.8 Å². The van der Waals surface area contributed by atoms with E-state index in [2.05, 4.69) is 5.32 Å². The van der Waals surface area contributed by atoms with Crippen molar-refractivity contribution in [2.45, 2.75) is 26.4 Å². The Morgan fingerprint density at radius 2 is 1.44 bits per heavy atom. The maximum atomic E-state index is 13.5. The average molecular weight is 510 g/mol. The Hall–Kier alpha value is -3.85. The molecule has 0 aliphatic rings. The second-order valence-corrected chi connectivity index (χ2v) is 10.2. The molecule has 3 aromatic rings. The normalized spacial score (nSPS) is 11.9. The first-order valence-electron chi connectivity index (χ1n) is 11.6. The molecule has 1 N–H and O–H groups in total. The summed E-state index contributed by atoms with van der Waals surface area (Å²) in [5, 5.41) is 2.73. The summed E-state index contributed by atoms with van der Waals surface area (Å²) in [6, 6.07) is 24.1. The number of carbonyl (C=O) groups is 2. The number of anilines is 1. The van der Waals surface area contributed by atoms with Gasteiger partial charge in [-0.15, -0.1) is 0 Å². The van der Waals surface area contributed by atoms with Crippen LogP contribution in [0.25, 0.3) is 0 Å². The topological polar surface area (TPSA) is 96.0 Å². The summed E-state index contributed by atoms with van der Waals surface area (Å²) in [5.74, 6) is 0.374. The quantitative estimate of drug-likeness (QED) is 0.424. The number of rotatable bonds is 11. The number of amides is 2. The van der Waals surface area contributed by atoms with E-state index in [4.69, 9.17) is 4.74 Å². The van der Waals surface area contributed by atoms with Crippen LogP contribution >= 0.6 is 0 Å². The predicted octanol–water partition coefficient (Wildman–Crippen LogP) is 3.80. The van der Waals surface area contributed by atoms with Crippen molar-refractivity contribution < 1.29 is 22.7 Å². The lowest BCUT2D eigenvalue weighted by Crippen LogP contribution is -2.51. The van der Waals surface area contributed by atoms with E-state index in [-0.39, 0.29) is 12.5 Å². The Labute approximate surface area is 212 Å². The van der Waals surface area contributed by atoms with Crippen molar-refractivity contribution in [3.05, 3.63) is 90.5 Å². The number of likely N-dealkylation sites (N-methyl/N-ethyl adjacent to an activating group) is 1. The van der Waals surface area contributed by atoms with Gasteiger partial charge in [0.15, 0.2) is 0 Å². The predicted molar refractivity (Wildman–Crippen MR) is 140 cm³/mol. The second-order valence-electron chi connectivity index (χ2n) is 8.26. The van der Waals surface area contributed by atoms with E-state index in [1.54, 1.807) is 38.1 Å². The first-order valence-corrected chi connectivity index (χ1v) is 13.5. The van der Waals surface area contributed by atoms with Gasteiger partial charge in [0.05, 0.1) is 11.9 Å². The van der Waals surface area contributed by atoms with Crippen LogP contribution in [0.4, 0.5) is 5.69 Å². The standard InChI is InChI=1S/C27H31N3O5S/c1-4-28-27(32)21(2)29(19-22-11-7-5-8-12-22)26(31)20-30(36(3,33)34)23-15-17-25(18-16-23)35-24-13-9-6-10-14-24/h5-18,21H,4,19-20H2,1-3H3,(H,28,32)/t21-/m1/s1. The highest BCUT2D eigenvalue weighted by Crippen LogP contribution is 2.26. The Kier molecular flexibility index (Phi) is 9.08. The van der Waals surface area contributed by atoms with Gasteiger partial charge < -0.3 is 15.0 Å². The fourth-order valence-corrected chi connectivity index (χ4v) is 4.45. The Balaban J connectivity index is 1.84. The number of nitrogens with zero attached hydrogens (tertiary/aromatic N) is 2. The second kappa shape index (κ2) is 12.2. The van der Waals surface area contributed by atoms with E-state index in [1.807, 2.05) is 60.7 Å². The van der Waals surface area contributed by atoms with Crippen LogP contribution in [0.5, 0.6) is 11.5 Å². The summed E-state index contributed by atoms with van der Waals surface area (Å²) in [5.41, 5.74) is 1.15. The summed E-state index contributed by atoms with van der Waals surface area (Å²) in [6.07, 6.45) is 1.05. The summed E-state index contributed by atoms with van der Waals surface area (Å²) in [4.78, 5) is 27.4. The van der Waals surface area contributed by atoms with Crippen molar-refractivity contribution in [2.75, 3.05) is 23.7 Å². The minimum absolute atomic E-state index is 0.166. The van der Waals surface area contributed by atoms with E-state index < -0.39 is 28.5 Å². The zero-order chi connectivity index (χ0) is 26.1. The van der Waals surface area contributed by atoms with Crippen molar-refractivity contribution in [1.29, 1.82) is 0 Å². The molecular formula is C27H31N3O5S. The zero-order valence-corrected chi connectivity index (χ0v) is 21.4. The van der Waals surface area contributed by atoms with Crippen molar-refractivity contribution >= 4 is 27.5 Å². The van der Waals surface area contributed by atoms with Crippen LogP contribution in [-0.4, -0.2) is 50.5 Å². The molecular weight excluding hydrogens is 478 g/mol. The number of carbonyl (C=O) groups excluding carboxylic acids is 2. The molecule has 0 spiro atoms. The molecule has 0 heterocycles. The molecule has 3 rings (SSSR count). The molecule has 0 saturated heterocycles. The maximum Gasteiger partial charge on any atom is 0.244 e. The minimum atomic E-state index is -3.80. The number of nitrogens with one attached hydrogen (secondary N) is 1. The van der Waals surface area contributed by atoms with E-state index in [0.29, 0.717) is 23.7 Å². The van der Waals surface area contributed by atoms with E-state index in [0.717, 1.165) is 16.1 Å². The Morgan fingerprint density at radius 3 is 2.00 bits per heavy atom. The summed E-state index contributed by atoms with van der Waals surface area (Å²) >= 11 is 0. The van der Waals surface area contributed by atoms with Gasteiger partial charge in [0, 0.05) is 13.1 Å². The van der Waals surface area contributed by atoms with Gasteiger partial charge >= 0.3 is 0 Å². The highest BCUT2D eigenvalue weighted by molar-refractivity contribution is 7.92. The molecule has 0 unspecified atom stereocenters. The van der Waals surface area contributed by atoms with Crippen LogP contribution in [0.3, 0.4) is 0 Å². The number of para-hydroxylation sites is 1. The third kappa shape index (κ3) is 7.32. The van der Waals surface area contributed by atoms with Crippen molar-refractivity contribution in [2.24, 2.45) is 0 Å². The van der Waals surface area contributed by atoms with Crippen LogP contribution in [-0.2, 0) is 26.2 Å². The molecule has 0 bridgehead atoms. The fraction of sp³-hybridized carbons (Fsp3) is 0.259. The third-order valence-electron chi connectivity index (χ3n) is 5.50. The van der Waals surface area contributed by atoms with Crippen molar-refractivity contribution in [3.8, 4) is 11.5 Å². The summed E-state index contributed by atoms with van der Waals surface area (Å²) < 4.78 is 32.2. The SMILES string of the molecule is CCNC(=O)[C@@H](C)N(Cc1ccccc1)C(=O)CN(c1ccc(Oc2ccccc2)cc1)S(C)(=O)=O. The molecule has 0 aliphatic heterocycles. The zero-order valence-electron chi connectivity index (χ0n) is 20.6. The molecule has 0 radical (unpaired) electrons. The molecule has 0 fully saturated rings. The van der Waals surface area contributed by atoms with E-state index in [9.17, 15) is 18.0 Å². The first kappa shape index (κ1) is 26.7. The molecule has 0 saturated carbocycles. The summed E-state index contributed by atoms with van der Waals surface area (Å²) in [6.45, 7) is 3.56. The summed E-state index contributed by atoms with van der Waals surface area (Å²) in [7, 11) is -3.80. The molecule has 190 valence electrons. The van der Waals surface area contributed by atoms with Crippen molar-refractivity contribution in [3.63, 3.8) is 0 Å². The number of sulfonamides is 1. The van der Waals surface area contributed by atoms with Gasteiger partial charge in [-0.2, -0.15) is 0 Å². The van der Waals surface area contributed by atoms with E-state index in [1.165, 1.54) is 4.90 Å². The highest BCUT2D eigenvalue weighted by Gasteiger charge is 2.29. The minimum Gasteiger partial charge on any atom is -0.457 e. The molecule has 0 aromatic heterocycles. The monoisotopic (exact) mass is 509 g/mol. The van der Waals surface area contributed by atoms with Crippen molar-refractivity contribution in [1.82, 2.24) is 10.2 Å². The van der Waals surface area contributed by atoms with Crippen LogP contribution in [0, 0.1) is 0 Å². The van der Waals surface area contributed by atoms with Gasteiger partial charge in [0.2, 0.25) is 21.8 Å². The third-order valence-corrected chi connectivity index (χ3v) is 6.64. The molecule has 9 heteroatoms. The van der Waals surface area contributed by atoms with E-state index >= 15 is 0 Å². The molecule has 0 aliphatic carbocycles. The molecule has 1 atom stereocenters. The van der Waals surface area contributed by atoms with Gasteiger partial charge in [-0.25, -0.2) is 8.42 Å². The highest BCUT2D eigenvalue weighted by atomic mass is 32.2. The maximum absolute atomic E-state index is 13.5. The van der Waals surface area contributed by atoms with Gasteiger partial charge in [0.1, 0.15) is 24.1 Å². The van der Waals surface area contributed by atoms with Gasteiger partial charge in [-0.1, -0.05) is 48.5 Å². The Bertz CT molecular complexity index is 1250. The molecule has 2 amide bonds. The largest absolute Gasteiger partial charge is 0.457 e. The van der Waals surface area contributed by atoms with Crippen LogP contribution < -0.4 is 14.4 Å². The van der Waals surface area contributed by atoms with Gasteiger partial charge in [-0.3, -0.25) is 13.9 Å². The van der Waals surface area contributed by atoms with Crippen LogP contribution in [0.1, 0.15) is 19.4 Å². The smallest absolute Gasteiger partial charge is 0.244 e. The lowest BCUT2D eigenvalue weighted by molar-refractivity contribution is -0.139. The number of ether oxygens (including phenoxy) is 1. The van der Waals surface area contributed by atoms with Crippen LogP contribution in [0.15, 0.2) is 84.9 Å². The Morgan fingerprint density at radius 1 is 0.889 bits per heavy atom. The fourth-order valence-electron chi connectivity index (χ4n) is 3.60. The first-order chi connectivity index (χ1) is 17.2. The number of benzene rings is 3.